The van der Waals surface area contributed by atoms with Gasteiger partial charge in [0.25, 0.3) is 0 Å². The van der Waals surface area contributed by atoms with Crippen molar-refractivity contribution in [2.75, 3.05) is 34.5 Å². The average Bonchev–Trinajstić information content (AvgIpc) is 0.774. The number of esters is 2. The van der Waals surface area contributed by atoms with Crippen LogP contribution in [0.25, 0.3) is 87.6 Å². The standard InChI is InChI=1S/C40H36O3.C35H34O11.C24H40O.C15H14O3/c1-3-4-5-6-25-42-34-22-19-30(20-23-34)29-15-17-33(18-16-29)40(41)43-35-24-21-32-10-8-12-37(39(32)27-35)36-11-7-9-31-14-13-28(2)26-38(31)36;1-24-9-13-27(14-10-24)28-17-19-31(20-18-28)37-39-41-43-45-46-44-42-40-38-36-23-26-12-16-30-6-4-8-33(35(30)22-26)32-7-3-5-29-15-11-25(2)21-34(29)32;1-3-4-7-10-21-12-16-23(17-13-21)24-18-14-22(15-19-24)11-8-5-6-9-20-25-2;1-17-14-9-7-12(8-10-14)11-3-5-13(6-4-11)15(16)18-2/h7-24,26-27H,3-6,25H2,1-2H3;3-8,11-12,15-22,24,27H,9-10,13-14,23H2,1-2H3;14-15,18-19,21,23H,3-13,16-17,20H2,1-2H3;3-10H,1-2H3. The van der Waals surface area contributed by atoms with Crippen LogP contribution in [-0.4, -0.2) is 46.5 Å². The van der Waals surface area contributed by atoms with Crippen LogP contribution in [0.15, 0.2) is 291 Å². The molecule has 16 rings (SSSR count). The molecule has 0 unspecified atom stereocenters. The van der Waals surface area contributed by atoms with Crippen molar-refractivity contribution in [3.63, 3.8) is 0 Å². The zero-order chi connectivity index (χ0) is 91.9. The van der Waals surface area contributed by atoms with E-state index in [1.165, 1.54) is 179 Å². The number of carbonyl (C=O) groups excluding carboxylic acids is 2. The number of fused-ring (bicyclic) bond motifs is 4. The molecule has 14 aromatic carbocycles. The summed E-state index contributed by atoms with van der Waals surface area (Å²) in [6, 6.07) is 98.0. The molecule has 688 valence electrons. The molecule has 0 saturated heterocycles. The Morgan fingerprint density at radius 3 is 1.28 bits per heavy atom. The lowest BCUT2D eigenvalue weighted by Gasteiger charge is -2.29. The Kier molecular flexibility index (Phi) is 38.7. The lowest BCUT2D eigenvalue weighted by molar-refractivity contribution is -0.852. The molecule has 0 aliphatic heterocycles. The van der Waals surface area contributed by atoms with Crippen LogP contribution in [0.5, 0.6) is 23.0 Å². The second-order valence-electron chi connectivity index (χ2n) is 34.4. The molecule has 0 aromatic heterocycles. The Hall–Kier alpha value is -12.0. The second kappa shape index (κ2) is 52.3. The molecule has 0 bridgehead atoms. The summed E-state index contributed by atoms with van der Waals surface area (Å²) in [6.07, 6.45) is 27.5. The van der Waals surface area contributed by atoms with Gasteiger partial charge in [-0.1, -0.05) is 315 Å². The first-order chi connectivity index (χ1) is 64.8. The Morgan fingerprint density at radius 1 is 0.341 bits per heavy atom. The highest BCUT2D eigenvalue weighted by molar-refractivity contribution is 6.07. The van der Waals surface area contributed by atoms with E-state index in [0.29, 0.717) is 28.5 Å². The first-order valence-corrected chi connectivity index (χ1v) is 46.7. The van der Waals surface area contributed by atoms with Gasteiger partial charge in [0.1, 0.15) is 23.9 Å². The van der Waals surface area contributed by atoms with E-state index in [1.807, 2.05) is 121 Å². The Labute approximate surface area is 776 Å². The largest absolute Gasteiger partial charge is 0.497 e. The van der Waals surface area contributed by atoms with Gasteiger partial charge in [-0.3, -0.25) is 0 Å². The van der Waals surface area contributed by atoms with Crippen LogP contribution in [0.4, 0.5) is 0 Å². The summed E-state index contributed by atoms with van der Waals surface area (Å²) in [7, 11) is 4.81. The van der Waals surface area contributed by atoms with Gasteiger partial charge in [0.2, 0.25) is 0 Å². The first-order valence-electron chi connectivity index (χ1n) is 46.7. The number of benzene rings is 14. The summed E-state index contributed by atoms with van der Waals surface area (Å²) in [4.78, 5) is 34.4. The molecule has 2 fully saturated rings. The predicted octanol–water partition coefficient (Wildman–Crippen LogP) is 30.4. The fourth-order valence-corrected chi connectivity index (χ4v) is 17.6. The van der Waals surface area contributed by atoms with Gasteiger partial charge in [0.05, 0.1) is 32.0 Å². The molecule has 2 aliphatic rings. The summed E-state index contributed by atoms with van der Waals surface area (Å²) in [5.41, 5.74) is 17.5. The molecule has 0 amide bonds. The van der Waals surface area contributed by atoms with Crippen LogP contribution in [0, 0.1) is 25.7 Å². The summed E-state index contributed by atoms with van der Waals surface area (Å²) in [5, 5.41) is 46.7. The predicted molar refractivity (Wildman–Crippen MR) is 521 cm³/mol. The quantitative estimate of drug-likeness (QED) is 0.0116. The van der Waals surface area contributed by atoms with Crippen molar-refractivity contribution >= 4 is 55.0 Å². The van der Waals surface area contributed by atoms with Crippen molar-refractivity contribution in [2.45, 2.75) is 188 Å². The number of aryl methyl sites for hydroxylation is 3. The molecule has 14 aromatic rings. The van der Waals surface area contributed by atoms with Crippen LogP contribution in [0.2, 0.25) is 0 Å². The minimum atomic E-state index is -0.379. The van der Waals surface area contributed by atoms with Gasteiger partial charge < -0.3 is 28.6 Å². The van der Waals surface area contributed by atoms with Gasteiger partial charge in [-0.2, -0.15) is 4.89 Å². The Bertz CT molecular complexity index is 5850. The van der Waals surface area contributed by atoms with E-state index in [2.05, 4.69) is 230 Å². The molecule has 2 aliphatic carbocycles. The number of unbranched alkanes of at least 4 members (excludes halogenated alkanes) is 8. The fraction of sp³-hybridized carbons (Fsp3) is 0.316. The second-order valence-corrected chi connectivity index (χ2v) is 34.4. The zero-order valence-corrected chi connectivity index (χ0v) is 77.3. The molecule has 0 spiro atoms. The molecular formula is C114H124O18. The molecule has 2 saturated carbocycles. The Balaban J connectivity index is 0.000000159. The molecular weight excluding hydrogens is 1660 g/mol. The highest BCUT2D eigenvalue weighted by Gasteiger charge is 2.24. The van der Waals surface area contributed by atoms with Crippen LogP contribution >= 0.6 is 0 Å². The van der Waals surface area contributed by atoms with Crippen molar-refractivity contribution in [1.82, 2.24) is 0 Å². The topological polar surface area (TPSA) is 182 Å². The minimum Gasteiger partial charge on any atom is -0.497 e. The van der Waals surface area contributed by atoms with Crippen LogP contribution in [-0.2, 0) is 72.7 Å². The molecule has 18 heteroatoms. The smallest absolute Gasteiger partial charge is 0.343 e. The monoisotopic (exact) mass is 1780 g/mol. The SMILES string of the molecule is CCCCCC1CCC(c2ccc(CCCCCCOC)cc2)CC1.CCCCCCOc1ccc(-c2ccc(C(=O)Oc3ccc4cccc(-c5cccc6ccc(C)cc56)c4c3)cc2)cc1.COC(=O)c1ccc(-c2ccc(OC)cc2)cc1.Cc1ccc2cccc(-c3cccc4ccc(COOOOOOOOOOOc5ccc(C6CCC(C)CC6)cc5)cc34)c2c1. The number of hydrogen-bond donors (Lipinski definition) is 0. The maximum atomic E-state index is 13.1. The summed E-state index contributed by atoms with van der Waals surface area (Å²) < 4.78 is 26.6. The molecule has 0 radical (unpaired) electrons. The third kappa shape index (κ3) is 29.3. The highest BCUT2D eigenvalue weighted by atomic mass is 17.9. The van der Waals surface area contributed by atoms with Crippen molar-refractivity contribution < 1.29 is 88.4 Å². The molecule has 132 heavy (non-hydrogen) atoms. The highest BCUT2D eigenvalue weighted by Crippen LogP contribution is 2.42. The lowest BCUT2D eigenvalue weighted by Crippen LogP contribution is -2.13. The lowest BCUT2D eigenvalue weighted by atomic mass is 9.77. The van der Waals surface area contributed by atoms with Crippen LogP contribution in [0.3, 0.4) is 0 Å². The summed E-state index contributed by atoms with van der Waals surface area (Å²) in [5.74, 6) is 5.15. The van der Waals surface area contributed by atoms with E-state index in [0.717, 1.165) is 121 Å². The molecule has 18 nitrogen and oxygen atoms in total. The number of methoxy groups -OCH3 is 3. The maximum Gasteiger partial charge on any atom is 0.343 e. The summed E-state index contributed by atoms with van der Waals surface area (Å²) >= 11 is 0. The molecule has 0 N–H and O–H groups in total. The van der Waals surface area contributed by atoms with Gasteiger partial charge in [-0.15, -0.1) is 0 Å². The summed E-state index contributed by atoms with van der Waals surface area (Å²) in [6.45, 7) is 12.7. The first kappa shape index (κ1) is 97.5. The van der Waals surface area contributed by atoms with Crippen LogP contribution < -0.4 is 19.1 Å². The van der Waals surface area contributed by atoms with Crippen LogP contribution in [0.1, 0.15) is 215 Å². The van der Waals surface area contributed by atoms with Gasteiger partial charge in [-0.05, 0) is 311 Å². The van der Waals surface area contributed by atoms with Gasteiger partial charge >= 0.3 is 11.9 Å². The maximum absolute atomic E-state index is 13.1. The normalized spacial score (nSPS) is 14.7. The minimum absolute atomic E-state index is 0.0521. The van der Waals surface area contributed by atoms with E-state index < -0.39 is 0 Å². The van der Waals surface area contributed by atoms with E-state index in [-0.39, 0.29) is 18.5 Å². The number of carbonyl (C=O) groups is 2. The van der Waals surface area contributed by atoms with Gasteiger partial charge in [0, 0.05) is 38.9 Å². The number of rotatable bonds is 40. The van der Waals surface area contributed by atoms with Crippen molar-refractivity contribution in [1.29, 1.82) is 0 Å². The van der Waals surface area contributed by atoms with E-state index >= 15 is 0 Å². The van der Waals surface area contributed by atoms with Crippen molar-refractivity contribution in [3.05, 3.63) is 336 Å². The third-order valence-corrected chi connectivity index (χ3v) is 25.0. The van der Waals surface area contributed by atoms with Crippen molar-refractivity contribution in [3.8, 4) is 67.5 Å². The van der Waals surface area contributed by atoms with Crippen molar-refractivity contribution in [2.24, 2.45) is 11.8 Å². The van der Waals surface area contributed by atoms with Gasteiger partial charge in [-0.25, -0.2) is 9.59 Å². The van der Waals surface area contributed by atoms with E-state index in [1.54, 1.807) is 44.0 Å². The number of hydrogen-bond acceptors (Lipinski definition) is 18. The van der Waals surface area contributed by atoms with Gasteiger partial charge in [0.15, 0.2) is 5.75 Å². The third-order valence-electron chi connectivity index (χ3n) is 25.0. The Morgan fingerprint density at radius 2 is 0.758 bits per heavy atom. The zero-order valence-electron chi connectivity index (χ0n) is 77.3. The van der Waals surface area contributed by atoms with E-state index in [4.69, 9.17) is 28.7 Å². The molecule has 0 atom stereocenters. The number of ether oxygens (including phenoxy) is 5. The van der Waals surface area contributed by atoms with E-state index in [9.17, 15) is 9.59 Å². The average molecular weight is 1780 g/mol. The fourth-order valence-electron chi connectivity index (χ4n) is 17.6. The molecule has 0 heterocycles.